The Morgan fingerprint density at radius 2 is 2.07 bits per heavy atom. The van der Waals surface area contributed by atoms with Crippen molar-refractivity contribution in [1.29, 1.82) is 0 Å². The third kappa shape index (κ3) is 4.26. The van der Waals surface area contributed by atoms with E-state index < -0.39 is 0 Å². The molecule has 0 unspecified atom stereocenters. The van der Waals surface area contributed by atoms with Crippen LogP contribution in [0.1, 0.15) is 18.4 Å². The van der Waals surface area contributed by atoms with Crippen molar-refractivity contribution in [1.82, 2.24) is 14.5 Å². The number of aromatic nitrogens is 3. The molecule has 0 radical (unpaired) electrons. The molecule has 29 heavy (non-hydrogen) atoms. The predicted octanol–water partition coefficient (Wildman–Crippen LogP) is 3.68. The molecule has 0 spiro atoms. The fourth-order valence-electron chi connectivity index (χ4n) is 3.14. The third-order valence-electron chi connectivity index (χ3n) is 4.77. The van der Waals surface area contributed by atoms with Crippen LogP contribution in [-0.2, 0) is 11.8 Å². The summed E-state index contributed by atoms with van der Waals surface area (Å²) in [5.74, 6) is -0.0633. The first-order valence-electron chi connectivity index (χ1n) is 9.23. The van der Waals surface area contributed by atoms with E-state index in [4.69, 9.17) is 11.6 Å². The number of halogens is 1. The van der Waals surface area contributed by atoms with Crippen molar-refractivity contribution in [2.75, 3.05) is 29.1 Å². The molecular weight excluding hydrogens is 430 g/mol. The van der Waals surface area contributed by atoms with E-state index in [2.05, 4.69) is 20.2 Å². The molecule has 1 fully saturated rings. The molecule has 1 amide bonds. The van der Waals surface area contributed by atoms with Crippen LogP contribution < -0.4 is 15.8 Å². The van der Waals surface area contributed by atoms with Gasteiger partial charge in [-0.25, -0.2) is 4.98 Å². The van der Waals surface area contributed by atoms with E-state index in [1.54, 1.807) is 19.2 Å². The Balaban J connectivity index is 1.51. The van der Waals surface area contributed by atoms with E-state index in [0.717, 1.165) is 36.6 Å². The van der Waals surface area contributed by atoms with Crippen LogP contribution in [0.5, 0.6) is 0 Å². The highest BCUT2D eigenvalue weighted by atomic mass is 35.5. The van der Waals surface area contributed by atoms with Crippen molar-refractivity contribution in [2.24, 2.45) is 7.05 Å². The topological polar surface area (TPSA) is 80.1 Å². The van der Waals surface area contributed by atoms with Gasteiger partial charge < -0.3 is 10.2 Å². The molecule has 0 aliphatic carbocycles. The number of hydrogen-bond donors (Lipinski definition) is 1. The van der Waals surface area contributed by atoms with Crippen molar-refractivity contribution in [3.05, 3.63) is 39.1 Å². The summed E-state index contributed by atoms with van der Waals surface area (Å²) >= 11 is 8.61. The smallest absolute Gasteiger partial charge is 0.273 e. The minimum Gasteiger partial charge on any atom is -0.348 e. The zero-order valence-electron chi connectivity index (χ0n) is 16.1. The third-order valence-corrected chi connectivity index (χ3v) is 7.13. The molecule has 3 aromatic rings. The lowest BCUT2D eigenvalue weighted by molar-refractivity contribution is -0.113. The summed E-state index contributed by atoms with van der Waals surface area (Å²) in [7, 11) is 1.67. The Kier molecular flexibility index (Phi) is 5.80. The van der Waals surface area contributed by atoms with Crippen molar-refractivity contribution in [3.8, 4) is 0 Å². The molecule has 1 saturated heterocycles. The lowest BCUT2D eigenvalue weighted by Gasteiger charge is -2.11. The Labute approximate surface area is 181 Å². The second kappa shape index (κ2) is 8.33. The maximum absolute atomic E-state index is 12.7. The summed E-state index contributed by atoms with van der Waals surface area (Å²) in [5, 5.41) is 4.73. The summed E-state index contributed by atoms with van der Waals surface area (Å²) < 4.78 is 2.04. The molecule has 7 nitrogen and oxygen atoms in total. The van der Waals surface area contributed by atoms with Gasteiger partial charge in [-0.05, 0) is 37.5 Å². The van der Waals surface area contributed by atoms with E-state index in [-0.39, 0.29) is 17.2 Å². The molecule has 1 N–H and O–H groups in total. The zero-order chi connectivity index (χ0) is 20.5. The molecule has 10 heteroatoms. The second-order valence-corrected chi connectivity index (χ2v) is 9.25. The number of thiazole rings is 1. The maximum atomic E-state index is 12.7. The van der Waals surface area contributed by atoms with Gasteiger partial charge in [0.15, 0.2) is 15.9 Å². The zero-order valence-corrected chi connectivity index (χ0v) is 18.5. The van der Waals surface area contributed by atoms with Gasteiger partial charge in [0.25, 0.3) is 5.56 Å². The number of nitrogens with one attached hydrogen (secondary N) is 1. The maximum Gasteiger partial charge on any atom is 0.273 e. The van der Waals surface area contributed by atoms with E-state index in [9.17, 15) is 9.59 Å². The number of nitrogens with zero attached hydrogens (tertiary/aromatic N) is 4. The van der Waals surface area contributed by atoms with Gasteiger partial charge in [-0.15, -0.1) is 0 Å². The normalized spacial score (nSPS) is 14.0. The molecule has 1 aromatic carbocycles. The number of carbonyl (C=O) groups excluding carboxylic acids is 1. The molecule has 152 valence electrons. The highest BCUT2D eigenvalue weighted by Crippen LogP contribution is 2.29. The molecule has 1 aliphatic heterocycles. The lowest BCUT2D eigenvalue weighted by Crippen LogP contribution is -2.21. The Morgan fingerprint density at radius 3 is 2.83 bits per heavy atom. The fraction of sp³-hybridized carbons (Fsp3) is 0.368. The number of carbonyl (C=O) groups is 1. The van der Waals surface area contributed by atoms with Crippen LogP contribution in [0.15, 0.2) is 28.2 Å². The monoisotopic (exact) mass is 449 g/mol. The van der Waals surface area contributed by atoms with Crippen LogP contribution in [0.2, 0.25) is 5.02 Å². The molecular formula is C19H20ClN5O2S2. The molecule has 0 saturated carbocycles. The fourth-order valence-corrected chi connectivity index (χ4v) is 5.10. The highest BCUT2D eigenvalue weighted by Gasteiger charge is 2.20. The number of hydrogen-bond acceptors (Lipinski definition) is 7. The molecule has 1 aliphatic rings. The predicted molar refractivity (Wildman–Crippen MR) is 120 cm³/mol. The van der Waals surface area contributed by atoms with Gasteiger partial charge >= 0.3 is 0 Å². The summed E-state index contributed by atoms with van der Waals surface area (Å²) in [6.45, 7) is 3.83. The number of benzene rings is 1. The van der Waals surface area contributed by atoms with Gasteiger partial charge in [-0.3, -0.25) is 14.2 Å². The van der Waals surface area contributed by atoms with Crippen molar-refractivity contribution >= 4 is 61.8 Å². The highest BCUT2D eigenvalue weighted by molar-refractivity contribution is 7.99. The summed E-state index contributed by atoms with van der Waals surface area (Å²) in [6.07, 6.45) is 2.29. The number of rotatable bonds is 5. The summed E-state index contributed by atoms with van der Waals surface area (Å²) in [5.41, 5.74) is 1.92. The van der Waals surface area contributed by atoms with Crippen LogP contribution >= 0.6 is 34.7 Å². The minimum absolute atomic E-state index is 0.126. The Hall–Kier alpha value is -2.10. The van der Waals surface area contributed by atoms with Crippen molar-refractivity contribution in [3.63, 3.8) is 0 Å². The first-order valence-corrected chi connectivity index (χ1v) is 11.4. The molecule has 4 rings (SSSR count). The number of amides is 1. The Morgan fingerprint density at radius 1 is 1.31 bits per heavy atom. The van der Waals surface area contributed by atoms with Gasteiger partial charge in [0.1, 0.15) is 4.70 Å². The second-order valence-electron chi connectivity index (χ2n) is 6.90. The van der Waals surface area contributed by atoms with Crippen LogP contribution in [0.25, 0.3) is 10.3 Å². The van der Waals surface area contributed by atoms with Gasteiger partial charge in [-0.2, -0.15) is 4.98 Å². The standard InChI is InChI=1S/C19H20ClN5O2S2/c1-11-5-6-12(20)9-13(11)21-14(26)10-28-18-22-16-15(17(27)24(18)2)29-19(23-16)25-7-3-4-8-25/h5-6,9H,3-4,7-8,10H2,1-2H3,(H,21,26). The van der Waals surface area contributed by atoms with E-state index in [0.29, 0.717) is 26.2 Å². The molecule has 0 bridgehead atoms. The lowest BCUT2D eigenvalue weighted by atomic mass is 10.2. The van der Waals surface area contributed by atoms with Crippen LogP contribution in [0.4, 0.5) is 10.8 Å². The van der Waals surface area contributed by atoms with Crippen LogP contribution in [-0.4, -0.2) is 39.3 Å². The van der Waals surface area contributed by atoms with E-state index in [1.165, 1.54) is 27.7 Å². The largest absolute Gasteiger partial charge is 0.348 e. The average Bonchev–Trinajstić information content (AvgIpc) is 3.36. The first kappa shape index (κ1) is 20.2. The van der Waals surface area contributed by atoms with Crippen LogP contribution in [0.3, 0.4) is 0 Å². The number of anilines is 2. The quantitative estimate of drug-likeness (QED) is 0.472. The van der Waals surface area contributed by atoms with Gasteiger partial charge in [-0.1, -0.05) is 40.8 Å². The van der Waals surface area contributed by atoms with Gasteiger partial charge in [0.2, 0.25) is 5.91 Å². The first-order chi connectivity index (χ1) is 13.9. The molecule has 2 aromatic heterocycles. The number of thioether (sulfide) groups is 1. The SMILES string of the molecule is Cc1ccc(Cl)cc1NC(=O)CSc1nc2nc(N3CCCC3)sc2c(=O)n1C. The minimum atomic E-state index is -0.189. The average molecular weight is 450 g/mol. The van der Waals surface area contributed by atoms with Crippen molar-refractivity contribution in [2.45, 2.75) is 24.9 Å². The van der Waals surface area contributed by atoms with E-state index >= 15 is 0 Å². The van der Waals surface area contributed by atoms with Gasteiger partial charge in [0, 0.05) is 30.8 Å². The van der Waals surface area contributed by atoms with E-state index in [1.807, 2.05) is 13.0 Å². The Bertz CT molecular complexity index is 1140. The number of aryl methyl sites for hydroxylation is 1. The number of fused-ring (bicyclic) bond motifs is 1. The molecule has 3 heterocycles. The summed E-state index contributed by atoms with van der Waals surface area (Å²) in [4.78, 5) is 36.4. The van der Waals surface area contributed by atoms with Crippen LogP contribution in [0, 0.1) is 6.92 Å². The van der Waals surface area contributed by atoms with Crippen molar-refractivity contribution < 1.29 is 4.79 Å². The van der Waals surface area contributed by atoms with Gasteiger partial charge in [0.05, 0.1) is 5.75 Å². The summed E-state index contributed by atoms with van der Waals surface area (Å²) in [6, 6.07) is 5.35. The molecule has 0 atom stereocenters.